The van der Waals surface area contributed by atoms with Gasteiger partial charge in [-0.3, -0.25) is 4.98 Å². The molecule has 11 heteroatoms. The van der Waals surface area contributed by atoms with Crippen LogP contribution in [0, 0.1) is 5.82 Å². The average molecular weight is 527 g/mol. The van der Waals surface area contributed by atoms with Crippen LogP contribution in [0.15, 0.2) is 61.1 Å². The molecule has 0 unspecified atom stereocenters. The summed E-state index contributed by atoms with van der Waals surface area (Å²) in [6, 6.07) is 7.10. The van der Waals surface area contributed by atoms with Crippen LogP contribution >= 0.6 is 0 Å². The lowest BCUT2D eigenvalue weighted by Gasteiger charge is -2.34. The van der Waals surface area contributed by atoms with Crippen molar-refractivity contribution in [1.29, 1.82) is 0 Å². The topological polar surface area (TPSA) is 38.2 Å². The van der Waals surface area contributed by atoms with Crippen LogP contribution in [0.1, 0.15) is 54.0 Å². The molecule has 1 saturated carbocycles. The second kappa shape index (κ2) is 10.3. The van der Waals surface area contributed by atoms with Crippen LogP contribution in [-0.4, -0.2) is 29.2 Å². The molecule has 0 radical (unpaired) electrons. The fourth-order valence-corrected chi connectivity index (χ4v) is 4.85. The lowest BCUT2D eigenvalue weighted by atomic mass is 9.91. The fraction of sp³-hybridized carbons (Fsp3) is 0.385. The number of likely N-dealkylation sites (N-methyl/N-ethyl adjacent to an activating group) is 1. The molecule has 0 saturated heterocycles. The quantitative estimate of drug-likeness (QED) is 0.318. The fourth-order valence-electron chi connectivity index (χ4n) is 4.85. The van der Waals surface area contributed by atoms with E-state index < -0.39 is 41.5 Å². The number of rotatable bonds is 6. The van der Waals surface area contributed by atoms with E-state index in [1.165, 1.54) is 31.5 Å². The third kappa shape index (κ3) is 6.03. The van der Waals surface area contributed by atoms with Crippen molar-refractivity contribution in [3.8, 4) is 0 Å². The molecule has 0 aliphatic heterocycles. The standard InChI is InChI=1S/C26H24F7N3O/c1-15(17-11-18(25(28,29)30)13-19(12-17)26(31,32)33)37-22-8-7-21(36(2)23-14-34-9-10-35-23)24(22)16-3-5-20(27)6-4-16/h3-6,9-15,21-22,24H,7-8H2,1-2H3/t15-,21-,22+,24+/m1/s1. The molecule has 1 aliphatic rings. The van der Waals surface area contributed by atoms with Gasteiger partial charge < -0.3 is 9.64 Å². The molecule has 4 rings (SSSR count). The van der Waals surface area contributed by atoms with Crippen LogP contribution in [0.5, 0.6) is 0 Å². The van der Waals surface area contributed by atoms with Crippen LogP contribution in [-0.2, 0) is 17.1 Å². The number of alkyl halides is 6. The number of aromatic nitrogens is 2. The summed E-state index contributed by atoms with van der Waals surface area (Å²) in [6.07, 6.45) is -5.81. The largest absolute Gasteiger partial charge is 0.416 e. The van der Waals surface area contributed by atoms with Crippen molar-refractivity contribution in [3.05, 3.63) is 89.1 Å². The molecular formula is C26H24F7N3O. The van der Waals surface area contributed by atoms with Crippen LogP contribution < -0.4 is 4.90 Å². The van der Waals surface area contributed by atoms with Gasteiger partial charge in [0.25, 0.3) is 0 Å². The Kier molecular flexibility index (Phi) is 7.45. The predicted octanol–water partition coefficient (Wildman–Crippen LogP) is 7.18. The zero-order valence-corrected chi connectivity index (χ0v) is 19.9. The number of anilines is 1. The zero-order chi connectivity index (χ0) is 27.0. The lowest BCUT2D eigenvalue weighted by molar-refractivity contribution is -0.143. The number of ether oxygens (including phenoxy) is 1. The maximum atomic E-state index is 13.6. The molecule has 1 aliphatic carbocycles. The van der Waals surface area contributed by atoms with Crippen LogP contribution in [0.25, 0.3) is 0 Å². The Morgan fingerprint density at radius 3 is 2.08 bits per heavy atom. The molecule has 0 N–H and O–H groups in total. The average Bonchev–Trinajstić information content (AvgIpc) is 3.26. The SMILES string of the molecule is C[C@@H](O[C@H]1CC[C@@H](N(C)c2cnccn2)[C@@H]1c1ccc(F)cc1)c1cc(C(F)(F)F)cc(C(F)(F)F)c1. The molecule has 1 heterocycles. The van der Waals surface area contributed by atoms with Gasteiger partial charge in [-0.15, -0.1) is 0 Å². The summed E-state index contributed by atoms with van der Waals surface area (Å²) < 4.78 is 100. The first kappa shape index (κ1) is 26.8. The van der Waals surface area contributed by atoms with Crippen molar-refractivity contribution in [3.63, 3.8) is 0 Å². The van der Waals surface area contributed by atoms with Crippen LogP contribution in [0.4, 0.5) is 36.6 Å². The minimum Gasteiger partial charge on any atom is -0.370 e. The van der Waals surface area contributed by atoms with Crippen LogP contribution in [0.3, 0.4) is 0 Å². The van der Waals surface area contributed by atoms with E-state index in [2.05, 4.69) is 9.97 Å². The van der Waals surface area contributed by atoms with Gasteiger partial charge in [-0.25, -0.2) is 9.37 Å². The summed E-state index contributed by atoms with van der Waals surface area (Å²) in [5.41, 5.74) is -2.29. The minimum absolute atomic E-state index is 0.0962. The molecule has 2 aromatic carbocycles. The van der Waals surface area contributed by atoms with Gasteiger partial charge in [-0.1, -0.05) is 12.1 Å². The van der Waals surface area contributed by atoms with Crippen molar-refractivity contribution < 1.29 is 35.5 Å². The first-order chi connectivity index (χ1) is 17.3. The zero-order valence-electron chi connectivity index (χ0n) is 19.9. The Morgan fingerprint density at radius 2 is 1.54 bits per heavy atom. The number of hydrogen-bond acceptors (Lipinski definition) is 4. The van der Waals surface area contributed by atoms with Gasteiger partial charge in [0, 0.05) is 31.4 Å². The first-order valence-corrected chi connectivity index (χ1v) is 11.5. The van der Waals surface area contributed by atoms with E-state index in [0.717, 1.165) is 5.56 Å². The number of hydrogen-bond donors (Lipinski definition) is 0. The van der Waals surface area contributed by atoms with Crippen LogP contribution in [0.2, 0.25) is 0 Å². The van der Waals surface area contributed by atoms with Gasteiger partial charge in [0.1, 0.15) is 11.6 Å². The van der Waals surface area contributed by atoms with Gasteiger partial charge >= 0.3 is 12.4 Å². The van der Waals surface area contributed by atoms with E-state index in [4.69, 9.17) is 4.74 Å². The lowest BCUT2D eigenvalue weighted by Crippen LogP contribution is -2.37. The van der Waals surface area contributed by atoms with Gasteiger partial charge in [-0.05, 0) is 61.2 Å². The van der Waals surface area contributed by atoms with E-state index in [1.807, 2.05) is 11.9 Å². The third-order valence-electron chi connectivity index (χ3n) is 6.68. The molecule has 3 aromatic rings. The number of halogens is 7. The Bertz CT molecular complexity index is 1170. The normalized spacial score (nSPS) is 21.2. The molecule has 37 heavy (non-hydrogen) atoms. The summed E-state index contributed by atoms with van der Waals surface area (Å²) in [4.78, 5) is 10.3. The molecule has 1 aromatic heterocycles. The Hall–Kier alpha value is -3.21. The maximum Gasteiger partial charge on any atom is 0.416 e. The molecular weight excluding hydrogens is 503 g/mol. The molecule has 198 valence electrons. The summed E-state index contributed by atoms with van der Waals surface area (Å²) in [5, 5.41) is 0. The third-order valence-corrected chi connectivity index (χ3v) is 6.68. The van der Waals surface area contributed by atoms with Crippen molar-refractivity contribution in [2.24, 2.45) is 0 Å². The number of nitrogens with zero attached hydrogens (tertiary/aromatic N) is 3. The smallest absolute Gasteiger partial charge is 0.370 e. The highest BCUT2D eigenvalue weighted by Gasteiger charge is 2.42. The van der Waals surface area contributed by atoms with Gasteiger partial charge in [-0.2, -0.15) is 26.3 Å². The van der Waals surface area contributed by atoms with E-state index >= 15 is 0 Å². The Morgan fingerprint density at radius 1 is 0.919 bits per heavy atom. The van der Waals surface area contributed by atoms with Gasteiger partial charge in [0.05, 0.1) is 29.5 Å². The highest BCUT2D eigenvalue weighted by Crippen LogP contribution is 2.44. The Labute approximate surface area is 209 Å². The van der Waals surface area contributed by atoms with Gasteiger partial charge in [0.2, 0.25) is 0 Å². The van der Waals surface area contributed by atoms with Crippen molar-refractivity contribution in [2.45, 2.75) is 56.3 Å². The molecule has 4 nitrogen and oxygen atoms in total. The highest BCUT2D eigenvalue weighted by molar-refractivity contribution is 5.40. The van der Waals surface area contributed by atoms with E-state index in [9.17, 15) is 30.7 Å². The molecule has 0 bridgehead atoms. The predicted molar refractivity (Wildman–Crippen MR) is 122 cm³/mol. The minimum atomic E-state index is -4.95. The van der Waals surface area contributed by atoms with Gasteiger partial charge in [0.15, 0.2) is 0 Å². The second-order valence-electron chi connectivity index (χ2n) is 9.05. The van der Waals surface area contributed by atoms with E-state index in [-0.39, 0.29) is 23.6 Å². The first-order valence-electron chi connectivity index (χ1n) is 11.5. The molecule has 0 spiro atoms. The number of benzene rings is 2. The molecule has 1 fully saturated rings. The summed E-state index contributed by atoms with van der Waals surface area (Å²) in [6.45, 7) is 1.43. The monoisotopic (exact) mass is 527 g/mol. The van der Waals surface area contributed by atoms with Crippen molar-refractivity contribution in [1.82, 2.24) is 9.97 Å². The highest BCUT2D eigenvalue weighted by atomic mass is 19.4. The van der Waals surface area contributed by atoms with Crippen molar-refractivity contribution >= 4 is 5.82 Å². The maximum absolute atomic E-state index is 13.6. The summed E-state index contributed by atoms with van der Waals surface area (Å²) >= 11 is 0. The molecule has 0 amide bonds. The van der Waals surface area contributed by atoms with Crippen molar-refractivity contribution in [2.75, 3.05) is 11.9 Å². The van der Waals surface area contributed by atoms with E-state index in [1.54, 1.807) is 18.3 Å². The summed E-state index contributed by atoms with van der Waals surface area (Å²) in [5.74, 6) is -0.209. The summed E-state index contributed by atoms with van der Waals surface area (Å²) in [7, 11) is 1.82. The Balaban J connectivity index is 1.66. The second-order valence-corrected chi connectivity index (χ2v) is 9.05. The van der Waals surface area contributed by atoms with E-state index in [0.29, 0.717) is 30.8 Å². The molecule has 4 atom stereocenters.